The van der Waals surface area contributed by atoms with Crippen molar-refractivity contribution < 1.29 is 26.3 Å². The van der Waals surface area contributed by atoms with Gasteiger partial charge in [0.1, 0.15) is 29.8 Å². The zero-order valence-corrected chi connectivity index (χ0v) is 17.1. The Balaban J connectivity index is 3.47. The molecule has 2 aromatic carbocycles. The Bertz CT molecular complexity index is 1720. The van der Waals surface area contributed by atoms with E-state index in [2.05, 4.69) is 0 Å². The molecule has 0 radical (unpaired) electrons. The number of hydrogen-bond acceptors (Lipinski definition) is 7. The van der Waals surface area contributed by atoms with Gasteiger partial charge in [-0.2, -0.15) is 63.2 Å². The lowest BCUT2D eigenvalue weighted by Crippen LogP contribution is -2.24. The van der Waals surface area contributed by atoms with Crippen LogP contribution in [-0.2, 0) is 12.4 Å². The summed E-state index contributed by atoms with van der Waals surface area (Å²) < 4.78 is 82.8. The molecule has 0 bridgehead atoms. The van der Waals surface area contributed by atoms with Crippen molar-refractivity contribution in [3.05, 3.63) is 67.6 Å². The Morgan fingerprint density at radius 1 is 0.583 bits per heavy atom. The summed E-state index contributed by atoms with van der Waals surface area (Å²) in [6.45, 7) is 0. The van der Waals surface area contributed by atoms with Gasteiger partial charge < -0.3 is 0 Å². The molecule has 0 heterocycles. The molecular formula is C23H3F6N7. The Hall–Kier alpha value is -5.81. The highest BCUT2D eigenvalue weighted by atomic mass is 19.4. The Morgan fingerprint density at radius 3 is 1.47 bits per heavy atom. The van der Waals surface area contributed by atoms with Crippen LogP contribution in [0.2, 0.25) is 0 Å². The van der Waals surface area contributed by atoms with Gasteiger partial charge in [0.25, 0.3) is 0 Å². The maximum absolute atomic E-state index is 13.9. The molecule has 172 valence electrons. The fourth-order valence-corrected chi connectivity index (χ4v) is 3.26. The molecule has 7 nitrogen and oxygen atoms in total. The maximum atomic E-state index is 13.9. The summed E-state index contributed by atoms with van der Waals surface area (Å²) in [4.78, 5) is 0. The van der Waals surface area contributed by atoms with E-state index in [1.165, 1.54) is 30.3 Å². The number of alkyl halides is 6. The van der Waals surface area contributed by atoms with Crippen molar-refractivity contribution >= 4 is 11.1 Å². The molecule has 0 unspecified atom stereocenters. The van der Waals surface area contributed by atoms with Gasteiger partial charge in [-0.05, 0) is 18.2 Å². The first-order chi connectivity index (χ1) is 16.8. The molecule has 0 amide bonds. The van der Waals surface area contributed by atoms with Crippen LogP contribution in [0.4, 0.5) is 26.3 Å². The first-order valence-electron chi connectivity index (χ1n) is 8.93. The van der Waals surface area contributed by atoms with Gasteiger partial charge in [-0.25, -0.2) is 0 Å². The zero-order valence-electron chi connectivity index (χ0n) is 17.1. The minimum absolute atomic E-state index is 0.167. The van der Waals surface area contributed by atoms with Crippen LogP contribution < -0.4 is 10.4 Å². The SMILES string of the molecule is N#CC(C#N)=c1cc(C#N)/c(=C(/C#N)c2c(C(F)(F)F)cc(C#N)c(C(F)(F)F)c2C#N)cc1C#N. The smallest absolute Gasteiger partial charge is 0.192 e. The third-order valence-electron chi connectivity index (χ3n) is 4.67. The van der Waals surface area contributed by atoms with E-state index in [0.717, 1.165) is 18.2 Å². The molecule has 13 heteroatoms. The van der Waals surface area contributed by atoms with Gasteiger partial charge in [-0.3, -0.25) is 0 Å². The van der Waals surface area contributed by atoms with Crippen molar-refractivity contribution in [1.82, 2.24) is 0 Å². The van der Waals surface area contributed by atoms with Gasteiger partial charge in [0, 0.05) is 16.0 Å². The predicted molar refractivity (Wildman–Crippen MR) is 104 cm³/mol. The second kappa shape index (κ2) is 9.59. The van der Waals surface area contributed by atoms with Crippen LogP contribution in [0.15, 0.2) is 18.2 Å². The maximum Gasteiger partial charge on any atom is 0.418 e. The molecule has 0 aliphatic rings. The summed E-state index contributed by atoms with van der Waals surface area (Å²) in [5.74, 6) is 0. The first kappa shape index (κ1) is 26.4. The summed E-state index contributed by atoms with van der Waals surface area (Å²) in [6, 6.07) is 10.3. The lowest BCUT2D eigenvalue weighted by atomic mass is 9.86. The summed E-state index contributed by atoms with van der Waals surface area (Å²) >= 11 is 0. The average Bonchev–Trinajstić information content (AvgIpc) is 2.83. The third kappa shape index (κ3) is 4.48. The van der Waals surface area contributed by atoms with Gasteiger partial charge in [-0.15, -0.1) is 0 Å². The van der Waals surface area contributed by atoms with Crippen molar-refractivity contribution in [2.75, 3.05) is 0 Å². The minimum atomic E-state index is -5.49. The monoisotopic (exact) mass is 491 g/mol. The Kier molecular flexibility index (Phi) is 7.04. The number of benzene rings is 2. The normalized spacial score (nSPS) is 11.3. The van der Waals surface area contributed by atoms with Crippen LogP contribution in [0.3, 0.4) is 0 Å². The van der Waals surface area contributed by atoms with Gasteiger partial charge in [-0.1, -0.05) is 0 Å². The van der Waals surface area contributed by atoms with E-state index in [0.29, 0.717) is 6.07 Å². The van der Waals surface area contributed by atoms with Crippen molar-refractivity contribution in [3.63, 3.8) is 0 Å². The molecule has 2 aromatic rings. The first-order valence-corrected chi connectivity index (χ1v) is 8.93. The number of hydrogen-bond donors (Lipinski definition) is 0. The summed E-state index contributed by atoms with van der Waals surface area (Å²) in [5.41, 5.74) is -11.9. The van der Waals surface area contributed by atoms with Crippen molar-refractivity contribution in [2.24, 2.45) is 0 Å². The second-order valence-corrected chi connectivity index (χ2v) is 6.57. The molecule has 0 aliphatic carbocycles. The minimum Gasteiger partial charge on any atom is -0.192 e. The fraction of sp³-hybridized carbons (Fsp3) is 0.0870. The van der Waals surface area contributed by atoms with Crippen molar-refractivity contribution in [3.8, 4) is 42.5 Å². The molecule has 2 rings (SSSR count). The van der Waals surface area contributed by atoms with Crippen molar-refractivity contribution in [2.45, 2.75) is 12.4 Å². The second-order valence-electron chi connectivity index (χ2n) is 6.57. The van der Waals surface area contributed by atoms with E-state index in [9.17, 15) is 47.4 Å². The van der Waals surface area contributed by atoms with Gasteiger partial charge in [0.2, 0.25) is 0 Å². The number of nitriles is 7. The fourth-order valence-electron chi connectivity index (χ4n) is 3.26. The van der Waals surface area contributed by atoms with Crippen molar-refractivity contribution in [1.29, 1.82) is 36.8 Å². The Morgan fingerprint density at radius 2 is 1.08 bits per heavy atom. The average molecular weight is 491 g/mol. The molecule has 36 heavy (non-hydrogen) atoms. The van der Waals surface area contributed by atoms with Gasteiger partial charge >= 0.3 is 12.4 Å². The van der Waals surface area contributed by atoms with Crippen LogP contribution in [0.1, 0.15) is 38.9 Å². The van der Waals surface area contributed by atoms with Crippen LogP contribution >= 0.6 is 0 Å². The zero-order chi connectivity index (χ0) is 27.4. The highest BCUT2D eigenvalue weighted by molar-refractivity contribution is 5.85. The standard InChI is InChI=1S/C23H3F6N7/c24-22(25,26)19-3-13(6-32)21(23(27,28)29)18(10-36)20(19)17(9-35)16-2-11(4-30)15(1-12(16)5-31)14(7-33)8-34/h1-3H/b17-16-. The lowest BCUT2D eigenvalue weighted by Gasteiger charge is -2.19. The summed E-state index contributed by atoms with van der Waals surface area (Å²) in [5, 5.41) is 64.0. The molecule has 0 saturated heterocycles. The van der Waals surface area contributed by atoms with E-state index in [-0.39, 0.29) is 6.07 Å². The topological polar surface area (TPSA) is 167 Å². The van der Waals surface area contributed by atoms with E-state index >= 15 is 0 Å². The lowest BCUT2D eigenvalue weighted by molar-refractivity contribution is -0.141. The largest absolute Gasteiger partial charge is 0.418 e. The van der Waals surface area contributed by atoms with Crippen LogP contribution in [-0.4, -0.2) is 0 Å². The van der Waals surface area contributed by atoms with Gasteiger partial charge in [0.05, 0.1) is 57.2 Å². The van der Waals surface area contributed by atoms with Crippen LogP contribution in [0.5, 0.6) is 0 Å². The summed E-state index contributed by atoms with van der Waals surface area (Å²) in [7, 11) is 0. The van der Waals surface area contributed by atoms with Crippen LogP contribution in [0.25, 0.3) is 11.1 Å². The molecule has 0 atom stereocenters. The molecule has 0 aromatic heterocycles. The number of halogens is 6. The Labute approximate surface area is 197 Å². The van der Waals surface area contributed by atoms with Crippen LogP contribution in [0, 0.1) is 79.3 Å². The molecule has 0 spiro atoms. The number of rotatable bonds is 1. The molecular weight excluding hydrogens is 488 g/mol. The van der Waals surface area contributed by atoms with E-state index in [4.69, 9.17) is 15.8 Å². The molecule has 0 aliphatic heterocycles. The third-order valence-corrected chi connectivity index (χ3v) is 4.67. The van der Waals surface area contributed by atoms with E-state index < -0.39 is 72.9 Å². The predicted octanol–water partition coefficient (Wildman–Crippen LogP) is 3.13. The highest BCUT2D eigenvalue weighted by Gasteiger charge is 2.44. The quantitative estimate of drug-likeness (QED) is 0.552. The highest BCUT2D eigenvalue weighted by Crippen LogP contribution is 2.43. The van der Waals surface area contributed by atoms with E-state index in [1.807, 2.05) is 0 Å². The van der Waals surface area contributed by atoms with E-state index in [1.54, 1.807) is 0 Å². The molecule has 0 fully saturated rings. The molecule has 0 N–H and O–H groups in total. The molecule has 0 saturated carbocycles. The van der Waals surface area contributed by atoms with Gasteiger partial charge in [0.15, 0.2) is 0 Å². The number of nitrogens with zero attached hydrogens (tertiary/aromatic N) is 7. The summed E-state index contributed by atoms with van der Waals surface area (Å²) in [6.07, 6.45) is -11.0.